The summed E-state index contributed by atoms with van der Waals surface area (Å²) in [5, 5.41) is 5.99. The smallest absolute Gasteiger partial charge is 0.273 e. The van der Waals surface area contributed by atoms with Crippen molar-refractivity contribution in [1.29, 1.82) is 0 Å². The molecule has 2 fully saturated rings. The molecule has 24 heavy (non-hydrogen) atoms. The van der Waals surface area contributed by atoms with Gasteiger partial charge in [-0.25, -0.2) is 4.98 Å². The van der Waals surface area contributed by atoms with Crippen LogP contribution in [0.4, 0.5) is 0 Å². The SMILES string of the molecule is Cc1ccc(-c2nc(C(=O)N3CCC(N4CCNCC4)C3)cs2)o1. The van der Waals surface area contributed by atoms with Crippen LogP contribution in [0.25, 0.3) is 10.8 Å². The second-order valence-electron chi connectivity index (χ2n) is 6.43. The minimum absolute atomic E-state index is 0.0402. The van der Waals surface area contributed by atoms with E-state index in [1.807, 2.05) is 29.3 Å². The lowest BCUT2D eigenvalue weighted by Gasteiger charge is -2.32. The van der Waals surface area contributed by atoms with Crippen LogP contribution in [0.2, 0.25) is 0 Å². The molecule has 7 heteroatoms. The third kappa shape index (κ3) is 3.11. The molecule has 2 aromatic heterocycles. The number of rotatable bonds is 3. The highest BCUT2D eigenvalue weighted by atomic mass is 32.1. The van der Waals surface area contributed by atoms with Gasteiger partial charge in [-0.15, -0.1) is 11.3 Å². The van der Waals surface area contributed by atoms with Crippen molar-refractivity contribution in [1.82, 2.24) is 20.1 Å². The summed E-state index contributed by atoms with van der Waals surface area (Å²) in [6.07, 6.45) is 1.06. The topological polar surface area (TPSA) is 61.6 Å². The van der Waals surface area contributed by atoms with E-state index in [9.17, 15) is 4.79 Å². The van der Waals surface area contributed by atoms with Crippen LogP contribution in [-0.4, -0.2) is 66.0 Å². The highest BCUT2D eigenvalue weighted by Crippen LogP contribution is 2.27. The Morgan fingerprint density at radius 2 is 2.17 bits per heavy atom. The molecule has 4 heterocycles. The van der Waals surface area contributed by atoms with Crippen LogP contribution in [0.3, 0.4) is 0 Å². The largest absolute Gasteiger partial charge is 0.459 e. The monoisotopic (exact) mass is 346 g/mol. The third-order valence-electron chi connectivity index (χ3n) is 4.79. The molecule has 128 valence electrons. The van der Waals surface area contributed by atoms with Crippen molar-refractivity contribution in [3.8, 4) is 10.8 Å². The maximum atomic E-state index is 12.7. The number of carbonyl (C=O) groups is 1. The van der Waals surface area contributed by atoms with Crippen molar-refractivity contribution in [3.63, 3.8) is 0 Å². The van der Waals surface area contributed by atoms with E-state index in [-0.39, 0.29) is 5.91 Å². The fraction of sp³-hybridized carbons (Fsp3) is 0.529. The van der Waals surface area contributed by atoms with Crippen LogP contribution in [0.15, 0.2) is 21.9 Å². The van der Waals surface area contributed by atoms with Crippen LogP contribution in [-0.2, 0) is 0 Å². The lowest BCUT2D eigenvalue weighted by atomic mass is 10.2. The van der Waals surface area contributed by atoms with E-state index < -0.39 is 0 Å². The number of hydrogen-bond donors (Lipinski definition) is 1. The summed E-state index contributed by atoms with van der Waals surface area (Å²) < 4.78 is 5.59. The van der Waals surface area contributed by atoms with E-state index in [0.29, 0.717) is 11.7 Å². The van der Waals surface area contributed by atoms with Gasteiger partial charge in [0.1, 0.15) is 11.5 Å². The Bertz CT molecular complexity index is 720. The van der Waals surface area contributed by atoms with Crippen LogP contribution >= 0.6 is 11.3 Å². The first kappa shape index (κ1) is 15.8. The lowest BCUT2D eigenvalue weighted by Crippen LogP contribution is -2.49. The predicted molar refractivity (Wildman–Crippen MR) is 93.3 cm³/mol. The maximum Gasteiger partial charge on any atom is 0.273 e. The molecular weight excluding hydrogens is 324 g/mol. The average Bonchev–Trinajstić information content (AvgIpc) is 3.35. The van der Waals surface area contributed by atoms with Gasteiger partial charge in [-0.3, -0.25) is 9.69 Å². The lowest BCUT2D eigenvalue weighted by molar-refractivity contribution is 0.0768. The summed E-state index contributed by atoms with van der Waals surface area (Å²) in [6, 6.07) is 4.30. The maximum absolute atomic E-state index is 12.7. The molecule has 1 unspecified atom stereocenters. The Morgan fingerprint density at radius 3 is 2.92 bits per heavy atom. The van der Waals surface area contributed by atoms with Gasteiger partial charge in [0, 0.05) is 50.7 Å². The van der Waals surface area contributed by atoms with Gasteiger partial charge in [0.2, 0.25) is 0 Å². The Labute approximate surface area is 145 Å². The van der Waals surface area contributed by atoms with Gasteiger partial charge >= 0.3 is 0 Å². The molecule has 4 rings (SSSR count). The number of furan rings is 1. The van der Waals surface area contributed by atoms with Gasteiger partial charge in [-0.1, -0.05) is 0 Å². The summed E-state index contributed by atoms with van der Waals surface area (Å²) in [4.78, 5) is 21.7. The molecule has 6 nitrogen and oxygen atoms in total. The molecule has 2 aromatic rings. The second-order valence-corrected chi connectivity index (χ2v) is 7.29. The zero-order valence-electron chi connectivity index (χ0n) is 13.8. The zero-order chi connectivity index (χ0) is 16.5. The van der Waals surface area contributed by atoms with Crippen molar-refractivity contribution < 1.29 is 9.21 Å². The number of thiazole rings is 1. The fourth-order valence-electron chi connectivity index (χ4n) is 3.47. The predicted octanol–water partition coefficient (Wildman–Crippen LogP) is 1.83. The number of amides is 1. The van der Waals surface area contributed by atoms with Crippen LogP contribution < -0.4 is 5.32 Å². The molecule has 2 aliphatic rings. The van der Waals surface area contributed by atoms with Crippen LogP contribution in [0, 0.1) is 6.92 Å². The number of carbonyl (C=O) groups excluding carboxylic acids is 1. The first-order chi connectivity index (χ1) is 11.7. The quantitative estimate of drug-likeness (QED) is 0.919. The minimum atomic E-state index is 0.0402. The van der Waals surface area contributed by atoms with E-state index in [1.54, 1.807) is 0 Å². The molecular formula is C17H22N4O2S. The normalized spacial score (nSPS) is 22.2. The summed E-state index contributed by atoms with van der Waals surface area (Å²) in [5.74, 6) is 1.63. The van der Waals surface area contributed by atoms with Crippen molar-refractivity contribution in [2.75, 3.05) is 39.3 Å². The van der Waals surface area contributed by atoms with Crippen molar-refractivity contribution in [2.24, 2.45) is 0 Å². The molecule has 0 spiro atoms. The first-order valence-electron chi connectivity index (χ1n) is 8.47. The number of nitrogens with one attached hydrogen (secondary N) is 1. The zero-order valence-corrected chi connectivity index (χ0v) is 14.6. The van der Waals surface area contributed by atoms with E-state index in [4.69, 9.17) is 4.42 Å². The summed E-state index contributed by atoms with van der Waals surface area (Å²) in [7, 11) is 0. The fourth-order valence-corrected chi connectivity index (χ4v) is 4.22. The Kier molecular flexibility index (Phi) is 4.39. The van der Waals surface area contributed by atoms with Gasteiger partial charge in [0.25, 0.3) is 5.91 Å². The number of aromatic nitrogens is 1. The van der Waals surface area contributed by atoms with Crippen molar-refractivity contribution >= 4 is 17.2 Å². The minimum Gasteiger partial charge on any atom is -0.459 e. The third-order valence-corrected chi connectivity index (χ3v) is 5.65. The van der Waals surface area contributed by atoms with E-state index in [2.05, 4.69) is 15.2 Å². The number of nitrogens with zero attached hydrogens (tertiary/aromatic N) is 3. The molecule has 2 saturated heterocycles. The molecule has 2 aliphatic heterocycles. The molecule has 0 saturated carbocycles. The van der Waals surface area contributed by atoms with E-state index in [0.717, 1.165) is 62.2 Å². The van der Waals surface area contributed by atoms with Gasteiger partial charge in [0.15, 0.2) is 10.8 Å². The van der Waals surface area contributed by atoms with Crippen molar-refractivity contribution in [2.45, 2.75) is 19.4 Å². The molecule has 0 bridgehead atoms. The van der Waals surface area contributed by atoms with E-state index >= 15 is 0 Å². The molecule has 1 N–H and O–H groups in total. The average molecular weight is 346 g/mol. The summed E-state index contributed by atoms with van der Waals surface area (Å²) in [5.41, 5.74) is 0.532. The van der Waals surface area contributed by atoms with Gasteiger partial charge < -0.3 is 14.6 Å². The van der Waals surface area contributed by atoms with E-state index in [1.165, 1.54) is 11.3 Å². The standard InChI is InChI=1S/C17H22N4O2S/c1-12-2-3-15(23-12)16-19-14(11-24-16)17(22)21-7-4-13(10-21)20-8-5-18-6-9-20/h2-3,11,13,18H,4-10H2,1H3. The summed E-state index contributed by atoms with van der Waals surface area (Å²) in [6.45, 7) is 7.77. The number of likely N-dealkylation sites (tertiary alicyclic amines) is 1. The van der Waals surface area contributed by atoms with Gasteiger partial charge in [-0.2, -0.15) is 0 Å². The Balaban J connectivity index is 1.42. The molecule has 0 aromatic carbocycles. The Morgan fingerprint density at radius 1 is 1.33 bits per heavy atom. The molecule has 1 atom stereocenters. The summed E-state index contributed by atoms with van der Waals surface area (Å²) >= 11 is 1.46. The van der Waals surface area contributed by atoms with Crippen LogP contribution in [0.1, 0.15) is 22.7 Å². The molecule has 1 amide bonds. The highest BCUT2D eigenvalue weighted by Gasteiger charge is 2.32. The Hall–Kier alpha value is -1.70. The van der Waals surface area contributed by atoms with Crippen molar-refractivity contribution in [3.05, 3.63) is 29.0 Å². The number of hydrogen-bond acceptors (Lipinski definition) is 6. The van der Waals surface area contributed by atoms with Gasteiger partial charge in [0.05, 0.1) is 0 Å². The van der Waals surface area contributed by atoms with Gasteiger partial charge in [-0.05, 0) is 25.5 Å². The molecule has 0 radical (unpaired) electrons. The first-order valence-corrected chi connectivity index (χ1v) is 9.35. The second kappa shape index (κ2) is 6.66. The molecule has 0 aliphatic carbocycles. The van der Waals surface area contributed by atoms with Crippen LogP contribution in [0.5, 0.6) is 0 Å². The number of aryl methyl sites for hydroxylation is 1. The highest BCUT2D eigenvalue weighted by molar-refractivity contribution is 7.13. The number of piperazine rings is 1.